The number of hydrogen-bond donors (Lipinski definition) is 0. The van der Waals surface area contributed by atoms with Crippen molar-refractivity contribution >= 4 is 5.78 Å². The molecular weight excluding hydrogens is 174 g/mol. The van der Waals surface area contributed by atoms with Crippen LogP contribution < -0.4 is 0 Å². The molecule has 1 aromatic carbocycles. The molecule has 2 nitrogen and oxygen atoms in total. The lowest BCUT2D eigenvalue weighted by Crippen LogP contribution is -2.02. The summed E-state index contributed by atoms with van der Waals surface area (Å²) in [5.41, 5.74) is 1.08. The van der Waals surface area contributed by atoms with Crippen LogP contribution in [0.5, 0.6) is 0 Å². The molecule has 0 aliphatic heterocycles. The van der Waals surface area contributed by atoms with Crippen LogP contribution in [0, 0.1) is 6.07 Å². The molecule has 0 saturated heterocycles. The first kappa shape index (κ1) is 8.63. The van der Waals surface area contributed by atoms with Gasteiger partial charge in [0.05, 0.1) is 0 Å². The van der Waals surface area contributed by atoms with Gasteiger partial charge in [0.15, 0.2) is 0 Å². The Kier molecular flexibility index (Phi) is 2.36. The standard InChI is InChI=1S/C12H8NO/c14-12(10-6-2-1-3-7-10)11-8-4-5-9-13-11/h1-2,4-9H. The molecule has 0 N–H and O–H groups in total. The smallest absolute Gasteiger partial charge is 0.211 e. The van der Waals surface area contributed by atoms with Crippen molar-refractivity contribution in [1.82, 2.24) is 4.98 Å². The van der Waals surface area contributed by atoms with Gasteiger partial charge in [-0.1, -0.05) is 24.3 Å². The second-order valence-corrected chi connectivity index (χ2v) is 2.84. The van der Waals surface area contributed by atoms with Crippen LogP contribution in [0.25, 0.3) is 0 Å². The van der Waals surface area contributed by atoms with Crippen LogP contribution in [0.2, 0.25) is 0 Å². The third-order valence-corrected chi connectivity index (χ3v) is 1.87. The Morgan fingerprint density at radius 2 is 2.14 bits per heavy atom. The monoisotopic (exact) mass is 182 g/mol. The van der Waals surface area contributed by atoms with Crippen LogP contribution in [-0.2, 0) is 0 Å². The van der Waals surface area contributed by atoms with Crippen LogP contribution in [0.1, 0.15) is 16.1 Å². The Hall–Kier alpha value is -1.96. The fraction of sp³-hybridized carbons (Fsp3) is 0. The Morgan fingerprint density at radius 3 is 2.79 bits per heavy atom. The van der Waals surface area contributed by atoms with Crippen molar-refractivity contribution in [3.63, 3.8) is 0 Å². The summed E-state index contributed by atoms with van der Waals surface area (Å²) < 4.78 is 0. The maximum Gasteiger partial charge on any atom is 0.211 e. The normalized spacial score (nSPS) is 9.71. The second-order valence-electron chi connectivity index (χ2n) is 2.84. The Morgan fingerprint density at radius 1 is 1.21 bits per heavy atom. The van der Waals surface area contributed by atoms with Crippen LogP contribution >= 0.6 is 0 Å². The van der Waals surface area contributed by atoms with Gasteiger partial charge in [0.1, 0.15) is 5.69 Å². The van der Waals surface area contributed by atoms with E-state index in [1.807, 2.05) is 0 Å². The van der Waals surface area contributed by atoms with Gasteiger partial charge in [-0.25, -0.2) is 0 Å². The maximum absolute atomic E-state index is 11.8. The molecule has 0 amide bonds. The number of pyridine rings is 1. The molecule has 2 rings (SSSR count). The average molecular weight is 182 g/mol. The topological polar surface area (TPSA) is 30.0 Å². The molecule has 0 atom stereocenters. The Balaban J connectivity index is 2.35. The van der Waals surface area contributed by atoms with E-state index in [1.54, 1.807) is 48.7 Å². The summed E-state index contributed by atoms with van der Waals surface area (Å²) in [6, 6.07) is 15.1. The maximum atomic E-state index is 11.8. The van der Waals surface area contributed by atoms with Crippen LogP contribution in [0.4, 0.5) is 0 Å². The molecule has 1 radical (unpaired) electrons. The van der Waals surface area contributed by atoms with Crippen molar-refractivity contribution in [2.24, 2.45) is 0 Å². The number of rotatable bonds is 2. The fourth-order valence-corrected chi connectivity index (χ4v) is 1.18. The van der Waals surface area contributed by atoms with Crippen molar-refractivity contribution in [3.05, 3.63) is 66.0 Å². The summed E-state index contributed by atoms with van der Waals surface area (Å²) in [4.78, 5) is 15.8. The summed E-state index contributed by atoms with van der Waals surface area (Å²) in [5.74, 6) is -0.0672. The molecule has 1 aromatic heterocycles. The number of carbonyl (C=O) groups excluding carboxylic acids is 1. The molecule has 0 spiro atoms. The SMILES string of the molecule is O=C(c1c[c]ccc1)c1ccccn1. The quantitative estimate of drug-likeness (QED) is 0.666. The van der Waals surface area contributed by atoms with E-state index in [0.29, 0.717) is 11.3 Å². The number of ketones is 1. The lowest BCUT2D eigenvalue weighted by atomic mass is 10.1. The molecule has 0 aliphatic carbocycles. The van der Waals surface area contributed by atoms with E-state index >= 15 is 0 Å². The van der Waals surface area contributed by atoms with E-state index in [2.05, 4.69) is 11.1 Å². The zero-order valence-corrected chi connectivity index (χ0v) is 7.47. The lowest BCUT2D eigenvalue weighted by Gasteiger charge is -1.98. The van der Waals surface area contributed by atoms with Crippen molar-refractivity contribution < 1.29 is 4.79 Å². The largest absolute Gasteiger partial charge is 0.287 e. The van der Waals surface area contributed by atoms with Crippen LogP contribution in [-0.4, -0.2) is 10.8 Å². The van der Waals surface area contributed by atoms with E-state index in [9.17, 15) is 4.79 Å². The number of benzene rings is 1. The van der Waals surface area contributed by atoms with Gasteiger partial charge in [0.2, 0.25) is 5.78 Å². The zero-order chi connectivity index (χ0) is 9.80. The molecule has 0 unspecified atom stereocenters. The highest BCUT2D eigenvalue weighted by atomic mass is 16.1. The van der Waals surface area contributed by atoms with E-state index in [0.717, 1.165) is 0 Å². The predicted octanol–water partition coefficient (Wildman–Crippen LogP) is 2.11. The summed E-state index contributed by atoms with van der Waals surface area (Å²) in [6.45, 7) is 0. The minimum atomic E-state index is -0.0672. The summed E-state index contributed by atoms with van der Waals surface area (Å²) >= 11 is 0. The van der Waals surface area contributed by atoms with Gasteiger partial charge in [0.25, 0.3) is 0 Å². The number of nitrogens with zero attached hydrogens (tertiary/aromatic N) is 1. The molecule has 0 aliphatic rings. The van der Waals surface area contributed by atoms with Gasteiger partial charge in [-0.15, -0.1) is 0 Å². The first-order chi connectivity index (χ1) is 6.88. The van der Waals surface area contributed by atoms with Crippen LogP contribution in [0.3, 0.4) is 0 Å². The van der Waals surface area contributed by atoms with Crippen molar-refractivity contribution in [2.45, 2.75) is 0 Å². The second kappa shape index (κ2) is 3.83. The van der Waals surface area contributed by atoms with Crippen molar-refractivity contribution in [2.75, 3.05) is 0 Å². The van der Waals surface area contributed by atoms with Gasteiger partial charge in [0, 0.05) is 11.8 Å². The van der Waals surface area contributed by atoms with Gasteiger partial charge >= 0.3 is 0 Å². The Labute approximate surface area is 82.2 Å². The molecule has 0 saturated carbocycles. The molecule has 14 heavy (non-hydrogen) atoms. The minimum absolute atomic E-state index is 0.0672. The third kappa shape index (κ3) is 1.69. The summed E-state index contributed by atoms with van der Waals surface area (Å²) in [7, 11) is 0. The lowest BCUT2D eigenvalue weighted by molar-refractivity contribution is 0.103. The molecule has 0 fully saturated rings. The zero-order valence-electron chi connectivity index (χ0n) is 7.47. The molecule has 2 aromatic rings. The fourth-order valence-electron chi connectivity index (χ4n) is 1.18. The van der Waals surface area contributed by atoms with E-state index in [-0.39, 0.29) is 5.78 Å². The van der Waals surface area contributed by atoms with E-state index in [1.165, 1.54) is 0 Å². The Bertz CT molecular complexity index is 381. The number of aromatic nitrogens is 1. The number of hydrogen-bond acceptors (Lipinski definition) is 2. The highest BCUT2D eigenvalue weighted by molar-refractivity contribution is 6.07. The summed E-state index contributed by atoms with van der Waals surface area (Å²) in [6.07, 6.45) is 1.61. The average Bonchev–Trinajstić information content (AvgIpc) is 2.30. The minimum Gasteiger partial charge on any atom is -0.287 e. The van der Waals surface area contributed by atoms with Gasteiger partial charge in [-0.05, 0) is 24.3 Å². The molecule has 67 valence electrons. The van der Waals surface area contributed by atoms with Gasteiger partial charge in [-0.3, -0.25) is 9.78 Å². The molecule has 1 heterocycles. The van der Waals surface area contributed by atoms with Crippen molar-refractivity contribution in [3.8, 4) is 0 Å². The molecular formula is C12H8NO. The van der Waals surface area contributed by atoms with E-state index < -0.39 is 0 Å². The molecule has 0 bridgehead atoms. The first-order valence-electron chi connectivity index (χ1n) is 4.30. The third-order valence-electron chi connectivity index (χ3n) is 1.87. The van der Waals surface area contributed by atoms with Crippen LogP contribution in [0.15, 0.2) is 48.7 Å². The van der Waals surface area contributed by atoms with Gasteiger partial charge in [-0.2, -0.15) is 0 Å². The van der Waals surface area contributed by atoms with Gasteiger partial charge < -0.3 is 0 Å². The number of carbonyl (C=O) groups is 1. The highest BCUT2D eigenvalue weighted by Crippen LogP contribution is 2.05. The first-order valence-corrected chi connectivity index (χ1v) is 4.30. The highest BCUT2D eigenvalue weighted by Gasteiger charge is 2.07. The summed E-state index contributed by atoms with van der Waals surface area (Å²) in [5, 5.41) is 0. The molecule has 2 heteroatoms. The van der Waals surface area contributed by atoms with E-state index in [4.69, 9.17) is 0 Å². The predicted molar refractivity (Wildman–Crippen MR) is 52.9 cm³/mol. The van der Waals surface area contributed by atoms with Crippen molar-refractivity contribution in [1.29, 1.82) is 0 Å².